The molecule has 6 fully saturated rings. The average molecular weight is 1200 g/mol. The van der Waals surface area contributed by atoms with E-state index in [-0.39, 0.29) is 25.0 Å². The van der Waals surface area contributed by atoms with E-state index in [4.69, 9.17) is 67.4 Å². The zero-order chi connectivity index (χ0) is 59.9. The lowest BCUT2D eigenvalue weighted by Crippen LogP contribution is -2.67. The molecule has 6 heterocycles. The van der Waals surface area contributed by atoms with Crippen LogP contribution in [0, 0.1) is 0 Å². The van der Waals surface area contributed by atoms with Crippen molar-refractivity contribution in [1.82, 2.24) is 5.43 Å². The molecule has 6 saturated heterocycles. The predicted octanol–water partition coefficient (Wildman–Crippen LogP) is -12.4. The van der Waals surface area contributed by atoms with Crippen molar-refractivity contribution in [2.75, 3.05) is 46.2 Å². The summed E-state index contributed by atoms with van der Waals surface area (Å²) in [6.45, 7) is -5.83. The first-order valence-electron chi connectivity index (χ1n) is 26.0. The van der Waals surface area contributed by atoms with E-state index in [1.165, 1.54) is 24.3 Å². The lowest BCUT2D eigenvalue weighted by atomic mass is 9.96. The van der Waals surface area contributed by atoms with E-state index >= 15 is 0 Å². The number of esters is 1. The van der Waals surface area contributed by atoms with Crippen LogP contribution in [0.2, 0.25) is 0 Å². The van der Waals surface area contributed by atoms with Crippen molar-refractivity contribution in [2.24, 2.45) is 5.84 Å². The van der Waals surface area contributed by atoms with Crippen molar-refractivity contribution in [3.05, 3.63) is 35.9 Å². The molecule has 0 bridgehead atoms. The van der Waals surface area contributed by atoms with E-state index in [0.717, 1.165) is 0 Å². The fourth-order valence-electron chi connectivity index (χ4n) is 9.76. The second kappa shape index (κ2) is 30.0. The second-order valence-corrected chi connectivity index (χ2v) is 20.1. The molecule has 0 aliphatic carbocycles. The van der Waals surface area contributed by atoms with Gasteiger partial charge in [0.25, 0.3) is 0 Å². The first-order valence-corrected chi connectivity index (χ1v) is 26.0. The van der Waals surface area contributed by atoms with Crippen LogP contribution in [0.15, 0.2) is 30.3 Å². The summed E-state index contributed by atoms with van der Waals surface area (Å²) in [7, 11) is 0. The molecule has 0 aromatic heterocycles. The molecule has 82 heavy (non-hydrogen) atoms. The van der Waals surface area contributed by atoms with Crippen molar-refractivity contribution in [1.29, 1.82) is 0 Å². The minimum absolute atomic E-state index is 0.0340. The molecular weight excluding hydrogens is 1120 g/mol. The topological polar surface area (TPSA) is 556 Å². The molecule has 0 saturated carbocycles. The number of aliphatic hydroxyl groups is 18. The Bertz CT molecular complexity index is 2110. The maximum absolute atomic E-state index is 13.2. The maximum Gasteiger partial charge on any atom is 0.338 e. The molecule has 1 amide bonds. The highest BCUT2D eigenvalue weighted by Gasteiger charge is 2.57. The zero-order valence-electron chi connectivity index (χ0n) is 43.3. The molecule has 7 rings (SSSR count). The quantitative estimate of drug-likeness (QED) is 0.0159. The normalized spacial score (nSPS) is 45.5. The van der Waals surface area contributed by atoms with Crippen LogP contribution in [-0.2, 0) is 66.4 Å². The molecular formula is C47H74N2O33. The highest BCUT2D eigenvalue weighted by Crippen LogP contribution is 2.36. The predicted molar refractivity (Wildman–Crippen MR) is 254 cm³/mol. The Balaban J connectivity index is 1.09. The summed E-state index contributed by atoms with van der Waals surface area (Å²) in [6.07, 6.45) is -57.9. The summed E-state index contributed by atoms with van der Waals surface area (Å²) in [5.74, 6) is 3.50. The molecule has 6 aliphatic heterocycles. The van der Waals surface area contributed by atoms with Gasteiger partial charge >= 0.3 is 5.97 Å². The summed E-state index contributed by atoms with van der Waals surface area (Å²) < 4.78 is 74.5. The minimum atomic E-state index is -2.16. The molecule has 1 aromatic rings. The van der Waals surface area contributed by atoms with E-state index in [1.54, 1.807) is 6.07 Å². The summed E-state index contributed by atoms with van der Waals surface area (Å²) in [6, 6.07) is 7.28. The summed E-state index contributed by atoms with van der Waals surface area (Å²) in [5.41, 5.74) is 1.89. The molecule has 470 valence electrons. The Kier molecular flexibility index (Phi) is 24.3. The Labute approximate surface area is 464 Å². The standard InChI is InChI=1S/C47H74N2O33/c48-49-22(54)7-4-8-70-43-36(68)37(80-47-40(33(65)26(58)19(12-53)76-47)82-46-39(32(64)25(57)18(11-52)75-46)79-41(69)15-5-2-1-3-6-15)28(60)21(78-43)14-71-42-34(66)30(62)27(59)20(77-42)13-72-45-38(31(63)24(56)17(10-51)74-45)81-44-35(67)29(61)23(55)16(9-50)73-44/h1-3,5-6,16-21,23-40,42-47,50-53,55-68H,4,7-14,48H2,(H,49,54)/t16?,17?,18?,19?,20?,21?,23-,24-,25-,26-,27-,28-,29+,30+,31+,32+,33+,34?,35?,36?,37+,38?,39?,40?,42+,43-,44-,45+,46-,47-/m1/s1. The van der Waals surface area contributed by atoms with E-state index in [1.807, 2.05) is 5.43 Å². The van der Waals surface area contributed by atoms with Gasteiger partial charge in [-0.15, -0.1) is 0 Å². The fraction of sp³-hybridized carbons (Fsp3) is 0.830. The minimum Gasteiger partial charge on any atom is -0.450 e. The summed E-state index contributed by atoms with van der Waals surface area (Å²) >= 11 is 0. The third-order valence-electron chi connectivity index (χ3n) is 14.6. The van der Waals surface area contributed by atoms with Crippen LogP contribution in [-0.4, -0.2) is 334 Å². The monoisotopic (exact) mass is 1190 g/mol. The number of carbonyl (C=O) groups is 2. The third kappa shape index (κ3) is 15.0. The first-order chi connectivity index (χ1) is 39.1. The summed E-state index contributed by atoms with van der Waals surface area (Å²) in [5, 5.41) is 194. The molecule has 0 spiro atoms. The Morgan fingerprint density at radius 3 is 1.34 bits per heavy atom. The van der Waals surface area contributed by atoms with Gasteiger partial charge in [0, 0.05) is 6.42 Å². The number of nitrogens with one attached hydrogen (secondary N) is 1. The van der Waals surface area contributed by atoms with Gasteiger partial charge < -0.3 is 153 Å². The van der Waals surface area contributed by atoms with Crippen molar-refractivity contribution in [2.45, 2.75) is 197 Å². The van der Waals surface area contributed by atoms with Gasteiger partial charge in [0.05, 0.1) is 51.8 Å². The van der Waals surface area contributed by atoms with E-state index < -0.39 is 236 Å². The van der Waals surface area contributed by atoms with Crippen LogP contribution in [0.4, 0.5) is 0 Å². The Morgan fingerprint density at radius 2 is 0.805 bits per heavy atom. The van der Waals surface area contributed by atoms with Crippen molar-refractivity contribution in [3.8, 4) is 0 Å². The molecule has 0 radical (unpaired) electrons. The van der Waals surface area contributed by atoms with Crippen LogP contribution in [0.25, 0.3) is 0 Å². The van der Waals surface area contributed by atoms with Gasteiger partial charge in [-0.3, -0.25) is 10.2 Å². The van der Waals surface area contributed by atoms with Gasteiger partial charge in [0.15, 0.2) is 43.8 Å². The van der Waals surface area contributed by atoms with E-state index in [9.17, 15) is 102 Å². The van der Waals surface area contributed by atoms with Crippen molar-refractivity contribution in [3.63, 3.8) is 0 Å². The van der Waals surface area contributed by atoms with Crippen LogP contribution < -0.4 is 11.3 Å². The van der Waals surface area contributed by atoms with Gasteiger partial charge in [-0.2, -0.15) is 0 Å². The second-order valence-electron chi connectivity index (χ2n) is 20.1. The molecule has 6 aliphatic rings. The molecule has 30 atom stereocenters. The lowest BCUT2D eigenvalue weighted by molar-refractivity contribution is -0.390. The van der Waals surface area contributed by atoms with Crippen LogP contribution in [0.5, 0.6) is 0 Å². The van der Waals surface area contributed by atoms with Gasteiger partial charge in [0.1, 0.15) is 140 Å². The largest absolute Gasteiger partial charge is 0.450 e. The maximum atomic E-state index is 13.2. The van der Waals surface area contributed by atoms with E-state index in [2.05, 4.69) is 0 Å². The highest BCUT2D eigenvalue weighted by atomic mass is 16.8. The number of benzene rings is 1. The average Bonchev–Trinajstić information content (AvgIpc) is 3.53. The number of nitrogens with two attached hydrogens (primary N) is 1. The summed E-state index contributed by atoms with van der Waals surface area (Å²) in [4.78, 5) is 25.1. The number of amides is 1. The number of hydrogen-bond acceptors (Lipinski definition) is 34. The van der Waals surface area contributed by atoms with Gasteiger partial charge in [-0.25, -0.2) is 10.6 Å². The third-order valence-corrected chi connectivity index (χ3v) is 14.6. The number of hydrazine groups is 1. The number of ether oxygens (including phenoxy) is 13. The molecule has 21 N–H and O–H groups in total. The van der Waals surface area contributed by atoms with Gasteiger partial charge in [0.2, 0.25) is 5.91 Å². The number of aliphatic hydroxyl groups excluding tert-OH is 18. The van der Waals surface area contributed by atoms with Crippen molar-refractivity contribution >= 4 is 11.9 Å². The molecule has 35 nitrogen and oxygen atoms in total. The van der Waals surface area contributed by atoms with Gasteiger partial charge in [-0.05, 0) is 18.6 Å². The Hall–Kier alpha value is -3.08. The molecule has 1 aromatic carbocycles. The van der Waals surface area contributed by atoms with Crippen LogP contribution >= 0.6 is 0 Å². The van der Waals surface area contributed by atoms with Crippen LogP contribution in [0.1, 0.15) is 23.2 Å². The smallest absolute Gasteiger partial charge is 0.338 e. The SMILES string of the molecule is NNC(=O)CCCO[C@@H]1OC(CO[C@H]2OC(CO[C@H]3OC(CO)[C@@H](O)[C@H](O)C3O[C@H]3OC(CO)[C@@H](O)[C@H](O)C3O)[C@@H](O)[C@H](O)C2O)[C@@H](O)[C@H](O[C@H]2OC(CO)[C@@H](O)[C@H](O)C2O[C@H]2OC(CO)[C@@H](O)[C@H](O)C2OC(=O)c2ccccc2)C1O. The first kappa shape index (κ1) is 66.4. The number of rotatable bonds is 23. The number of carbonyl (C=O) groups excluding carboxylic acids is 2. The number of hydrogen-bond donors (Lipinski definition) is 20. The van der Waals surface area contributed by atoms with E-state index in [0.29, 0.717) is 0 Å². The molecule has 12 unspecified atom stereocenters. The molecule has 35 heteroatoms. The Morgan fingerprint density at radius 1 is 0.415 bits per heavy atom. The highest BCUT2D eigenvalue weighted by molar-refractivity contribution is 5.89. The van der Waals surface area contributed by atoms with Crippen LogP contribution in [0.3, 0.4) is 0 Å². The zero-order valence-corrected chi connectivity index (χ0v) is 43.3. The van der Waals surface area contributed by atoms with Crippen molar-refractivity contribution < 1.29 is 163 Å². The fourth-order valence-corrected chi connectivity index (χ4v) is 9.76. The van der Waals surface area contributed by atoms with Gasteiger partial charge in [-0.1, -0.05) is 18.2 Å². The lowest BCUT2D eigenvalue weighted by Gasteiger charge is -2.49.